The van der Waals surface area contributed by atoms with E-state index >= 15 is 0 Å². The van der Waals surface area contributed by atoms with E-state index in [1.54, 1.807) is 0 Å². The number of pyridine rings is 1. The average molecular weight is 160 g/mol. The maximum atomic E-state index is 9.04. The Bertz CT molecular complexity index is 239. The van der Waals surface area contributed by atoms with E-state index in [2.05, 4.69) is 4.98 Å². The van der Waals surface area contributed by atoms with Gasteiger partial charge < -0.3 is 10.2 Å². The number of halogens is 1. The molecular weight excluding hydrogens is 154 g/mol. The highest BCUT2D eigenvalue weighted by Gasteiger charge is 2.03. The van der Waals surface area contributed by atoms with Crippen LogP contribution in [0.3, 0.4) is 0 Å². The molecule has 1 aromatic heterocycles. The minimum Gasteiger partial charge on any atom is -0.504 e. The molecule has 54 valence electrons. The predicted molar refractivity (Wildman–Crippen MR) is 36.8 cm³/mol. The van der Waals surface area contributed by atoms with E-state index in [-0.39, 0.29) is 23.1 Å². The van der Waals surface area contributed by atoms with Crippen molar-refractivity contribution in [3.63, 3.8) is 0 Å². The molecule has 0 aliphatic heterocycles. The Hall–Kier alpha value is -0.800. The van der Waals surface area contributed by atoms with Crippen LogP contribution in [0.4, 0.5) is 0 Å². The smallest absolute Gasteiger partial charge is 0.158 e. The first-order valence-corrected chi connectivity index (χ1v) is 3.06. The summed E-state index contributed by atoms with van der Waals surface area (Å²) in [6.45, 7) is -0.299. The van der Waals surface area contributed by atoms with Gasteiger partial charge in [0.2, 0.25) is 0 Å². The molecule has 0 unspecified atom stereocenters. The van der Waals surface area contributed by atoms with Gasteiger partial charge in [0.05, 0.1) is 11.6 Å². The van der Waals surface area contributed by atoms with Crippen LogP contribution in [-0.4, -0.2) is 15.2 Å². The van der Waals surface area contributed by atoms with Crippen LogP contribution < -0.4 is 0 Å². The molecular formula is C6H6ClNO2. The molecule has 0 amide bonds. The fourth-order valence-electron chi connectivity index (χ4n) is 0.586. The molecule has 0 aliphatic rings. The highest BCUT2D eigenvalue weighted by atomic mass is 35.5. The lowest BCUT2D eigenvalue weighted by atomic mass is 10.3. The zero-order valence-electron chi connectivity index (χ0n) is 5.08. The highest BCUT2D eigenvalue weighted by molar-refractivity contribution is 6.32. The quantitative estimate of drug-likeness (QED) is 0.641. The Kier molecular flexibility index (Phi) is 2.09. The number of aromatic hydroxyl groups is 1. The molecule has 0 radical (unpaired) electrons. The number of aromatic nitrogens is 1. The Morgan fingerprint density at radius 1 is 1.60 bits per heavy atom. The van der Waals surface area contributed by atoms with E-state index in [4.69, 9.17) is 21.8 Å². The second kappa shape index (κ2) is 2.86. The molecule has 2 N–H and O–H groups in total. The zero-order chi connectivity index (χ0) is 7.56. The molecule has 1 rings (SSSR count). The van der Waals surface area contributed by atoms with E-state index in [1.807, 2.05) is 0 Å². The molecule has 1 heterocycles. The minimum atomic E-state index is -0.299. The molecule has 1 aromatic rings. The summed E-state index contributed by atoms with van der Waals surface area (Å²) in [4.78, 5) is 3.67. The molecule has 10 heavy (non-hydrogen) atoms. The van der Waals surface area contributed by atoms with Crippen molar-refractivity contribution in [3.8, 4) is 5.75 Å². The number of hydrogen-bond acceptors (Lipinski definition) is 3. The Morgan fingerprint density at radius 3 is 2.80 bits per heavy atom. The van der Waals surface area contributed by atoms with E-state index in [0.29, 0.717) is 0 Å². The van der Waals surface area contributed by atoms with Crippen molar-refractivity contribution in [2.24, 2.45) is 0 Å². The van der Waals surface area contributed by atoms with E-state index < -0.39 is 0 Å². The van der Waals surface area contributed by atoms with Gasteiger partial charge >= 0.3 is 0 Å². The normalized spacial score (nSPS) is 9.80. The van der Waals surface area contributed by atoms with Gasteiger partial charge in [0.15, 0.2) is 5.75 Å². The third-order valence-corrected chi connectivity index (χ3v) is 1.41. The van der Waals surface area contributed by atoms with Crippen LogP contribution in [-0.2, 0) is 6.61 Å². The van der Waals surface area contributed by atoms with Gasteiger partial charge in [-0.15, -0.1) is 0 Å². The fraction of sp³-hybridized carbons (Fsp3) is 0.167. The topological polar surface area (TPSA) is 53.4 Å². The highest BCUT2D eigenvalue weighted by Crippen LogP contribution is 2.24. The van der Waals surface area contributed by atoms with Gasteiger partial charge in [-0.05, 0) is 6.07 Å². The van der Waals surface area contributed by atoms with Gasteiger partial charge in [-0.2, -0.15) is 0 Å². The zero-order valence-corrected chi connectivity index (χ0v) is 5.84. The van der Waals surface area contributed by atoms with Crippen LogP contribution in [0.15, 0.2) is 12.3 Å². The summed E-state index contributed by atoms with van der Waals surface area (Å²) in [5.74, 6) is -0.147. The third-order valence-electron chi connectivity index (χ3n) is 1.10. The molecule has 0 saturated carbocycles. The number of nitrogens with zero attached hydrogens (tertiary/aromatic N) is 1. The van der Waals surface area contributed by atoms with Gasteiger partial charge in [-0.1, -0.05) is 11.6 Å². The monoisotopic (exact) mass is 159 g/mol. The van der Waals surface area contributed by atoms with Crippen molar-refractivity contribution in [3.05, 3.63) is 23.0 Å². The van der Waals surface area contributed by atoms with Crippen LogP contribution in [0, 0.1) is 0 Å². The summed E-state index contributed by atoms with van der Waals surface area (Å²) in [5, 5.41) is 17.8. The molecule has 0 spiro atoms. The Morgan fingerprint density at radius 2 is 2.30 bits per heavy atom. The molecule has 4 heteroatoms. The lowest BCUT2D eigenvalue weighted by Gasteiger charge is -1.99. The maximum absolute atomic E-state index is 9.04. The van der Waals surface area contributed by atoms with E-state index in [0.717, 1.165) is 0 Å². The summed E-state index contributed by atoms with van der Waals surface area (Å²) in [6, 6.07) is 1.45. The standard InChI is InChI=1S/C6H6ClNO2/c7-4-1-2-8-5(3-9)6(4)10/h1-2,9-10H,3H2. The first kappa shape index (κ1) is 7.31. The summed E-state index contributed by atoms with van der Waals surface area (Å²) >= 11 is 5.49. The third kappa shape index (κ3) is 1.20. The lowest BCUT2D eigenvalue weighted by Crippen LogP contribution is -1.88. The molecule has 0 saturated heterocycles. The van der Waals surface area contributed by atoms with Crippen LogP contribution in [0.1, 0.15) is 5.69 Å². The SMILES string of the molecule is OCc1nccc(Cl)c1O. The van der Waals surface area contributed by atoms with E-state index in [9.17, 15) is 0 Å². The lowest BCUT2D eigenvalue weighted by molar-refractivity contribution is 0.270. The van der Waals surface area contributed by atoms with Crippen molar-refractivity contribution in [1.29, 1.82) is 0 Å². The van der Waals surface area contributed by atoms with Crippen molar-refractivity contribution in [2.75, 3.05) is 0 Å². The van der Waals surface area contributed by atoms with Crippen molar-refractivity contribution in [2.45, 2.75) is 6.61 Å². The number of rotatable bonds is 1. The fourth-order valence-corrected chi connectivity index (χ4v) is 0.752. The molecule has 3 nitrogen and oxygen atoms in total. The van der Waals surface area contributed by atoms with Gasteiger partial charge in [0.25, 0.3) is 0 Å². The van der Waals surface area contributed by atoms with Crippen molar-refractivity contribution in [1.82, 2.24) is 4.98 Å². The molecule has 0 aromatic carbocycles. The second-order valence-electron chi connectivity index (χ2n) is 1.75. The minimum absolute atomic E-state index is 0.147. The van der Waals surface area contributed by atoms with Crippen molar-refractivity contribution < 1.29 is 10.2 Å². The number of hydrogen-bond donors (Lipinski definition) is 2. The van der Waals surface area contributed by atoms with Crippen LogP contribution in [0.5, 0.6) is 5.75 Å². The summed E-state index contributed by atoms with van der Waals surface area (Å²) in [7, 11) is 0. The predicted octanol–water partition coefficient (Wildman–Crippen LogP) is 0.933. The van der Waals surface area contributed by atoms with Crippen LogP contribution >= 0.6 is 11.6 Å². The van der Waals surface area contributed by atoms with Gasteiger partial charge in [-0.3, -0.25) is 4.98 Å². The Balaban J connectivity index is 3.14. The molecule has 0 aliphatic carbocycles. The first-order valence-electron chi connectivity index (χ1n) is 2.69. The van der Waals surface area contributed by atoms with Crippen LogP contribution in [0.25, 0.3) is 0 Å². The average Bonchev–Trinajstić information content (AvgIpc) is 1.95. The first-order chi connectivity index (χ1) is 4.75. The number of aliphatic hydroxyl groups is 1. The second-order valence-corrected chi connectivity index (χ2v) is 2.15. The number of aliphatic hydroxyl groups excluding tert-OH is 1. The molecule has 0 atom stereocenters. The molecule has 0 fully saturated rings. The van der Waals surface area contributed by atoms with Crippen LogP contribution in [0.2, 0.25) is 5.02 Å². The Labute approximate surface area is 62.9 Å². The summed E-state index contributed by atoms with van der Waals surface area (Å²) < 4.78 is 0. The van der Waals surface area contributed by atoms with E-state index in [1.165, 1.54) is 12.3 Å². The van der Waals surface area contributed by atoms with Gasteiger partial charge in [-0.25, -0.2) is 0 Å². The molecule has 0 bridgehead atoms. The maximum Gasteiger partial charge on any atom is 0.158 e. The summed E-state index contributed by atoms with van der Waals surface area (Å²) in [6.07, 6.45) is 1.42. The summed E-state index contributed by atoms with van der Waals surface area (Å²) in [5.41, 5.74) is 0.201. The van der Waals surface area contributed by atoms with Gasteiger partial charge in [0.1, 0.15) is 5.69 Å². The largest absolute Gasteiger partial charge is 0.504 e. The van der Waals surface area contributed by atoms with Crippen molar-refractivity contribution >= 4 is 11.6 Å². The van der Waals surface area contributed by atoms with Gasteiger partial charge in [0, 0.05) is 6.20 Å².